The molecular formula is C36H36Cl2N10O2Sn. The van der Waals surface area contributed by atoms with Crippen LogP contribution in [0.15, 0.2) is 109 Å². The van der Waals surface area contributed by atoms with Gasteiger partial charge in [0.1, 0.15) is 6.20 Å². The average Bonchev–Trinajstić information content (AvgIpc) is 3.11. The SMILES string of the molecule is Cc1ccc(Nc2ncc(N)c(Nc3ccc(C)cc3)n2)cc1.Cc1ccc(Nc2ncc([N+](=O)[O-])c(Nc3ccc(C)cc3)n2)cc1.[Cl][Sn][Cl]. The van der Waals surface area contributed by atoms with Crippen LogP contribution in [0.2, 0.25) is 0 Å². The van der Waals surface area contributed by atoms with E-state index in [2.05, 4.69) is 41.2 Å². The Balaban J connectivity index is 0.000000213. The number of nitrogens with zero attached hydrogens (tertiary/aromatic N) is 5. The molecule has 0 saturated carbocycles. The predicted octanol–water partition coefficient (Wildman–Crippen LogP) is 9.65. The molecule has 15 heteroatoms. The molecule has 0 bridgehead atoms. The first kappa shape index (κ1) is 38.6. The van der Waals surface area contributed by atoms with Crippen molar-refractivity contribution in [3.63, 3.8) is 0 Å². The normalized spacial score (nSPS) is 10.1. The minimum atomic E-state index is -0.826. The molecule has 0 fully saturated rings. The zero-order valence-corrected chi connectivity index (χ0v) is 32.6. The van der Waals surface area contributed by atoms with Gasteiger partial charge in [-0.2, -0.15) is 9.97 Å². The van der Waals surface area contributed by atoms with Crippen molar-refractivity contribution in [2.24, 2.45) is 0 Å². The third-order valence-corrected chi connectivity index (χ3v) is 7.03. The summed E-state index contributed by atoms with van der Waals surface area (Å²) < 4.78 is 0. The Hall–Kier alpha value is -5.18. The molecule has 2 aromatic heterocycles. The van der Waals surface area contributed by atoms with E-state index in [-0.39, 0.29) is 17.5 Å². The number of aryl methyl sites for hydroxylation is 4. The average molecular weight is 830 g/mol. The van der Waals surface area contributed by atoms with Gasteiger partial charge in [-0.05, 0) is 76.2 Å². The Labute approximate surface area is 314 Å². The molecule has 0 aliphatic carbocycles. The number of hydrogen-bond donors (Lipinski definition) is 5. The molecule has 6 rings (SSSR count). The summed E-state index contributed by atoms with van der Waals surface area (Å²) in [6.45, 7) is 8.07. The number of benzene rings is 4. The van der Waals surface area contributed by atoms with Crippen LogP contribution >= 0.6 is 17.8 Å². The van der Waals surface area contributed by atoms with Gasteiger partial charge < -0.3 is 27.0 Å². The standard InChI is InChI=1S/C18H17N5O2.C18H19N5.2ClH.Sn/c1-12-3-7-14(8-4-12)20-17-16(23(24)25)11-19-18(22-17)21-15-9-5-13(2)6-10-15;1-12-3-7-14(8-4-12)21-17-16(19)11-20-18(23-17)22-15-9-5-13(2)6-10-15;;;/h3-11H,1-2H3,(H2,19,20,21,22);3-11H,19H2,1-2H3,(H2,20,21,22,23);2*1H;/q;;;;+2/p-2. The van der Waals surface area contributed by atoms with Gasteiger partial charge in [-0.1, -0.05) is 70.8 Å². The third kappa shape index (κ3) is 12.6. The molecule has 0 saturated heterocycles. The molecule has 0 atom stereocenters. The number of nitrogen functional groups attached to an aromatic ring is 1. The summed E-state index contributed by atoms with van der Waals surface area (Å²) in [5.74, 6) is 1.50. The van der Waals surface area contributed by atoms with Crippen LogP contribution in [0.3, 0.4) is 0 Å². The van der Waals surface area contributed by atoms with Crippen molar-refractivity contribution in [1.29, 1.82) is 0 Å². The van der Waals surface area contributed by atoms with E-state index in [1.807, 2.05) is 125 Å². The molecule has 12 nitrogen and oxygen atoms in total. The van der Waals surface area contributed by atoms with E-state index in [1.54, 1.807) is 6.20 Å². The van der Waals surface area contributed by atoms with Crippen molar-refractivity contribution in [2.75, 3.05) is 27.0 Å². The number of anilines is 9. The topological polar surface area (TPSA) is 169 Å². The molecule has 0 spiro atoms. The number of rotatable bonds is 9. The maximum absolute atomic E-state index is 11.2. The molecule has 0 amide bonds. The molecule has 2 heterocycles. The van der Waals surface area contributed by atoms with Crippen LogP contribution in [0.25, 0.3) is 0 Å². The molecule has 4 aromatic carbocycles. The van der Waals surface area contributed by atoms with Gasteiger partial charge in [0.2, 0.25) is 17.7 Å². The number of nitrogens with one attached hydrogen (secondary N) is 4. The van der Waals surface area contributed by atoms with Crippen LogP contribution in [-0.2, 0) is 0 Å². The zero-order valence-electron chi connectivity index (χ0n) is 28.3. The van der Waals surface area contributed by atoms with Gasteiger partial charge in [-0.3, -0.25) is 10.1 Å². The second kappa shape index (κ2) is 19.3. The van der Waals surface area contributed by atoms with E-state index in [1.165, 1.54) is 17.3 Å². The van der Waals surface area contributed by atoms with Gasteiger partial charge in [0.25, 0.3) is 0 Å². The van der Waals surface area contributed by atoms with Crippen LogP contribution in [0.5, 0.6) is 0 Å². The second-order valence-electron chi connectivity index (χ2n) is 11.2. The van der Waals surface area contributed by atoms with Gasteiger partial charge in [-0.25, -0.2) is 9.97 Å². The summed E-state index contributed by atoms with van der Waals surface area (Å²) in [5, 5.41) is 23.7. The van der Waals surface area contributed by atoms with Crippen molar-refractivity contribution < 1.29 is 4.92 Å². The number of halogens is 2. The molecule has 0 aliphatic rings. The van der Waals surface area contributed by atoms with E-state index >= 15 is 0 Å². The van der Waals surface area contributed by atoms with Gasteiger partial charge in [0, 0.05) is 22.7 Å². The van der Waals surface area contributed by atoms with E-state index in [4.69, 9.17) is 23.6 Å². The Morgan fingerprint density at radius 3 is 1.25 bits per heavy atom. The molecule has 0 aliphatic heterocycles. The molecule has 2 radical (unpaired) electrons. The summed E-state index contributed by atoms with van der Waals surface area (Å²) >= 11 is -0.826. The summed E-state index contributed by atoms with van der Waals surface area (Å²) in [5.41, 5.74) is 14.3. The first-order chi connectivity index (χ1) is 24.5. The van der Waals surface area contributed by atoms with E-state index in [9.17, 15) is 10.1 Å². The van der Waals surface area contributed by atoms with Crippen molar-refractivity contribution in [1.82, 2.24) is 19.9 Å². The van der Waals surface area contributed by atoms with Crippen LogP contribution in [0, 0.1) is 37.8 Å². The summed E-state index contributed by atoms with van der Waals surface area (Å²) in [7, 11) is 9.87. The zero-order chi connectivity index (χ0) is 36.8. The third-order valence-electron chi connectivity index (χ3n) is 7.03. The van der Waals surface area contributed by atoms with Gasteiger partial charge in [0.05, 0.1) is 16.8 Å². The van der Waals surface area contributed by atoms with Crippen LogP contribution < -0.4 is 27.0 Å². The van der Waals surface area contributed by atoms with E-state index in [0.29, 0.717) is 23.1 Å². The molecule has 6 aromatic rings. The van der Waals surface area contributed by atoms with Crippen molar-refractivity contribution in [2.45, 2.75) is 27.7 Å². The number of aromatic nitrogens is 4. The summed E-state index contributed by atoms with van der Waals surface area (Å²) in [4.78, 5) is 27.7. The molecule has 6 N–H and O–H groups in total. The maximum atomic E-state index is 11.2. The van der Waals surface area contributed by atoms with Crippen molar-refractivity contribution in [3.05, 3.63) is 142 Å². The fourth-order valence-corrected chi connectivity index (χ4v) is 4.29. The Bertz CT molecular complexity index is 2020. The number of nitrogens with two attached hydrogens (primary N) is 1. The second-order valence-corrected chi connectivity index (χ2v) is 15.5. The molecule has 51 heavy (non-hydrogen) atoms. The van der Waals surface area contributed by atoms with Crippen LogP contribution in [0.4, 0.5) is 57.7 Å². The monoisotopic (exact) mass is 830 g/mol. The van der Waals surface area contributed by atoms with Gasteiger partial charge >= 0.3 is 42.4 Å². The Morgan fingerprint density at radius 1 is 0.569 bits per heavy atom. The van der Waals surface area contributed by atoms with E-state index in [0.717, 1.165) is 28.2 Å². The summed E-state index contributed by atoms with van der Waals surface area (Å²) in [6, 6.07) is 31.3. The van der Waals surface area contributed by atoms with Crippen molar-refractivity contribution >= 4 is 94.4 Å². The quantitative estimate of drug-likeness (QED) is 0.0535. The number of nitro groups is 1. The Morgan fingerprint density at radius 2 is 0.882 bits per heavy atom. The fourth-order valence-electron chi connectivity index (χ4n) is 4.29. The first-order valence-corrected chi connectivity index (χ1v) is 22.7. The van der Waals surface area contributed by atoms with Crippen LogP contribution in [-0.4, -0.2) is 43.7 Å². The molecular weight excluding hydrogens is 794 g/mol. The first-order valence-electron chi connectivity index (χ1n) is 15.5. The van der Waals surface area contributed by atoms with Crippen molar-refractivity contribution in [3.8, 4) is 0 Å². The number of hydrogen-bond acceptors (Lipinski definition) is 11. The van der Waals surface area contributed by atoms with Gasteiger partial charge in [-0.15, -0.1) is 0 Å². The van der Waals surface area contributed by atoms with Crippen LogP contribution in [0.1, 0.15) is 22.3 Å². The van der Waals surface area contributed by atoms with E-state index < -0.39 is 23.8 Å². The fraction of sp³-hybridized carbons (Fsp3) is 0.111. The molecule has 260 valence electrons. The minimum absolute atomic E-state index is 0.137. The Kier molecular flexibility index (Phi) is 14.6. The van der Waals surface area contributed by atoms with Gasteiger partial charge in [0.15, 0.2) is 5.82 Å². The molecule has 0 unspecified atom stereocenters. The predicted molar refractivity (Wildman–Crippen MR) is 210 cm³/mol. The summed E-state index contributed by atoms with van der Waals surface area (Å²) in [6.07, 6.45) is 2.79.